The monoisotopic (exact) mass is 297 g/mol. The molecule has 1 aromatic carbocycles. The molecule has 0 saturated heterocycles. The van der Waals surface area contributed by atoms with E-state index >= 15 is 0 Å². The largest absolute Gasteiger partial charge is 0.497 e. The summed E-state index contributed by atoms with van der Waals surface area (Å²) in [6.07, 6.45) is 0. The summed E-state index contributed by atoms with van der Waals surface area (Å²) in [5.74, 6) is -0.468. The Hall–Kier alpha value is -1.86. The van der Waals surface area contributed by atoms with Gasteiger partial charge in [-0.2, -0.15) is 0 Å². The molecule has 7 heteroatoms. The zero-order valence-electron chi connectivity index (χ0n) is 9.99. The Kier molecular flexibility index (Phi) is 3.87. The van der Waals surface area contributed by atoms with Crippen LogP contribution in [0.15, 0.2) is 24.3 Å². The van der Waals surface area contributed by atoms with Crippen LogP contribution in [0.5, 0.6) is 11.6 Å². The summed E-state index contributed by atoms with van der Waals surface area (Å²) in [5.41, 5.74) is 0.763. The van der Waals surface area contributed by atoms with Crippen LogP contribution in [0.4, 0.5) is 0 Å². The average Bonchev–Trinajstić information content (AvgIpc) is 2.66. The highest BCUT2D eigenvalue weighted by atomic mass is 32.1. The molecule has 2 N–H and O–H groups in total. The molecule has 5 nitrogen and oxygen atoms in total. The SMILES string of the molecule is COc1ccc(-c2sc(=S)n(CC(=O)O)c2O)cc1. The van der Waals surface area contributed by atoms with Gasteiger partial charge in [-0.1, -0.05) is 0 Å². The van der Waals surface area contributed by atoms with Crippen LogP contribution in [0.1, 0.15) is 0 Å². The number of hydrogen-bond donors (Lipinski definition) is 2. The Morgan fingerprint density at radius 2 is 2.05 bits per heavy atom. The van der Waals surface area contributed by atoms with Gasteiger partial charge in [-0.3, -0.25) is 9.36 Å². The van der Waals surface area contributed by atoms with Gasteiger partial charge < -0.3 is 14.9 Å². The van der Waals surface area contributed by atoms with E-state index in [-0.39, 0.29) is 12.4 Å². The number of nitrogens with zero attached hydrogens (tertiary/aromatic N) is 1. The van der Waals surface area contributed by atoms with Gasteiger partial charge in [0.2, 0.25) is 5.88 Å². The van der Waals surface area contributed by atoms with Gasteiger partial charge in [-0.05, 0) is 42.0 Å². The van der Waals surface area contributed by atoms with Crippen LogP contribution < -0.4 is 4.74 Å². The van der Waals surface area contributed by atoms with Crippen LogP contribution >= 0.6 is 23.6 Å². The topological polar surface area (TPSA) is 71.7 Å². The third-order valence-corrected chi connectivity index (χ3v) is 4.00. The first kappa shape index (κ1) is 13.6. The standard InChI is InChI=1S/C12H11NO4S2/c1-17-8-4-2-7(3-5-8)10-11(16)13(6-9(14)15)12(18)19-10/h2-5,16H,6H2,1H3,(H,14,15). The molecule has 0 unspecified atom stereocenters. The molecule has 1 heterocycles. The van der Waals surface area contributed by atoms with Crippen LogP contribution in [0.3, 0.4) is 0 Å². The number of thiazole rings is 1. The fourth-order valence-electron chi connectivity index (χ4n) is 1.60. The lowest BCUT2D eigenvalue weighted by molar-refractivity contribution is -0.137. The van der Waals surface area contributed by atoms with Crippen molar-refractivity contribution in [1.82, 2.24) is 4.57 Å². The number of carboxylic acid groups (broad SMARTS) is 1. The van der Waals surface area contributed by atoms with E-state index in [0.717, 1.165) is 5.56 Å². The average molecular weight is 297 g/mol. The third kappa shape index (κ3) is 2.77. The Labute approximate surface area is 118 Å². The first-order chi connectivity index (χ1) is 9.02. The van der Waals surface area contributed by atoms with Crippen molar-refractivity contribution >= 4 is 29.5 Å². The number of rotatable bonds is 4. The quantitative estimate of drug-likeness (QED) is 0.849. The molecule has 0 amide bonds. The molecule has 100 valence electrons. The molecule has 0 saturated carbocycles. The molecule has 2 aromatic rings. The number of aromatic nitrogens is 1. The van der Waals surface area contributed by atoms with E-state index in [0.29, 0.717) is 14.6 Å². The first-order valence-corrected chi connectivity index (χ1v) is 6.54. The molecule has 1 aromatic heterocycles. The second-order valence-corrected chi connectivity index (χ2v) is 5.37. The highest BCUT2D eigenvalue weighted by Crippen LogP contribution is 2.36. The van der Waals surface area contributed by atoms with E-state index in [2.05, 4.69) is 0 Å². The zero-order chi connectivity index (χ0) is 14.0. The number of benzene rings is 1. The fourth-order valence-corrected chi connectivity index (χ4v) is 2.89. The van der Waals surface area contributed by atoms with Crippen molar-refractivity contribution < 1.29 is 19.7 Å². The van der Waals surface area contributed by atoms with Gasteiger partial charge in [-0.15, -0.1) is 11.3 Å². The predicted molar refractivity (Wildman–Crippen MR) is 74.4 cm³/mol. The van der Waals surface area contributed by atoms with E-state index in [1.165, 1.54) is 15.9 Å². The zero-order valence-corrected chi connectivity index (χ0v) is 11.6. The fraction of sp³-hybridized carbons (Fsp3) is 0.167. The van der Waals surface area contributed by atoms with Gasteiger partial charge in [-0.25, -0.2) is 0 Å². The molecular weight excluding hydrogens is 286 g/mol. The molecule has 0 fully saturated rings. The summed E-state index contributed by atoms with van der Waals surface area (Å²) < 4.78 is 6.58. The number of ether oxygens (including phenoxy) is 1. The lowest BCUT2D eigenvalue weighted by Gasteiger charge is -2.03. The summed E-state index contributed by atoms with van der Waals surface area (Å²) in [5, 5.41) is 18.8. The number of hydrogen-bond acceptors (Lipinski definition) is 5. The molecule has 0 aliphatic carbocycles. The first-order valence-electron chi connectivity index (χ1n) is 5.31. The maximum absolute atomic E-state index is 10.7. The second-order valence-electron chi connectivity index (χ2n) is 3.73. The maximum atomic E-state index is 10.7. The number of aromatic hydroxyl groups is 1. The molecule has 0 radical (unpaired) electrons. The number of carbonyl (C=O) groups is 1. The van der Waals surface area contributed by atoms with Crippen molar-refractivity contribution in [2.24, 2.45) is 0 Å². The Bertz CT molecular complexity index is 657. The molecule has 19 heavy (non-hydrogen) atoms. The van der Waals surface area contributed by atoms with Crippen molar-refractivity contribution in [3.05, 3.63) is 28.2 Å². The Balaban J connectivity index is 2.45. The van der Waals surface area contributed by atoms with E-state index in [1.807, 2.05) is 0 Å². The molecule has 0 aliphatic heterocycles. The second kappa shape index (κ2) is 5.41. The molecule has 0 spiro atoms. The van der Waals surface area contributed by atoms with E-state index < -0.39 is 5.97 Å². The van der Waals surface area contributed by atoms with Crippen molar-refractivity contribution in [3.63, 3.8) is 0 Å². The van der Waals surface area contributed by atoms with Crippen LogP contribution in [0.2, 0.25) is 0 Å². The summed E-state index contributed by atoms with van der Waals surface area (Å²) >= 11 is 6.23. The van der Waals surface area contributed by atoms with E-state index in [4.69, 9.17) is 22.1 Å². The van der Waals surface area contributed by atoms with Gasteiger partial charge in [0.25, 0.3) is 0 Å². The summed E-state index contributed by atoms with van der Waals surface area (Å²) in [6.45, 7) is -0.350. The minimum absolute atomic E-state index is 0.123. The molecular formula is C12H11NO4S2. The van der Waals surface area contributed by atoms with Crippen LogP contribution in [0.25, 0.3) is 10.4 Å². The van der Waals surface area contributed by atoms with E-state index in [9.17, 15) is 9.90 Å². The lowest BCUT2D eigenvalue weighted by atomic mass is 10.2. The van der Waals surface area contributed by atoms with Crippen molar-refractivity contribution in [1.29, 1.82) is 0 Å². The van der Waals surface area contributed by atoms with Gasteiger partial charge >= 0.3 is 5.97 Å². The highest BCUT2D eigenvalue weighted by molar-refractivity contribution is 7.73. The van der Waals surface area contributed by atoms with Crippen LogP contribution in [-0.2, 0) is 11.3 Å². The summed E-state index contributed by atoms with van der Waals surface area (Å²) in [7, 11) is 1.57. The summed E-state index contributed by atoms with van der Waals surface area (Å²) in [6, 6.07) is 7.09. The highest BCUT2D eigenvalue weighted by Gasteiger charge is 2.15. The smallest absolute Gasteiger partial charge is 0.323 e. The number of methoxy groups -OCH3 is 1. The predicted octanol–water partition coefficient (Wildman–Crippen LogP) is 2.74. The van der Waals surface area contributed by atoms with Crippen LogP contribution in [-0.4, -0.2) is 27.9 Å². The summed E-state index contributed by atoms with van der Waals surface area (Å²) in [4.78, 5) is 11.3. The number of carboxylic acids is 1. The molecule has 0 bridgehead atoms. The van der Waals surface area contributed by atoms with Crippen molar-refractivity contribution in [3.8, 4) is 22.1 Å². The molecule has 0 atom stereocenters. The van der Waals surface area contributed by atoms with Gasteiger partial charge in [0.15, 0.2) is 3.95 Å². The minimum atomic E-state index is -1.05. The van der Waals surface area contributed by atoms with E-state index in [1.54, 1.807) is 31.4 Å². The van der Waals surface area contributed by atoms with Gasteiger partial charge in [0.1, 0.15) is 12.3 Å². The normalized spacial score (nSPS) is 10.4. The van der Waals surface area contributed by atoms with Crippen LogP contribution in [0, 0.1) is 3.95 Å². The third-order valence-electron chi connectivity index (χ3n) is 2.51. The van der Waals surface area contributed by atoms with Crippen molar-refractivity contribution in [2.45, 2.75) is 6.54 Å². The number of aliphatic carboxylic acids is 1. The Morgan fingerprint density at radius 3 is 2.58 bits per heavy atom. The molecule has 0 aliphatic rings. The Morgan fingerprint density at radius 1 is 1.42 bits per heavy atom. The van der Waals surface area contributed by atoms with Gasteiger partial charge in [0.05, 0.1) is 12.0 Å². The molecule has 2 rings (SSSR count). The lowest BCUT2D eigenvalue weighted by Crippen LogP contribution is -2.07. The van der Waals surface area contributed by atoms with Crippen molar-refractivity contribution in [2.75, 3.05) is 7.11 Å². The minimum Gasteiger partial charge on any atom is -0.497 e. The van der Waals surface area contributed by atoms with Gasteiger partial charge in [0, 0.05) is 0 Å². The maximum Gasteiger partial charge on any atom is 0.323 e.